The van der Waals surface area contributed by atoms with E-state index in [-0.39, 0.29) is 6.03 Å². The van der Waals surface area contributed by atoms with Gasteiger partial charge in [0.15, 0.2) is 0 Å². The summed E-state index contributed by atoms with van der Waals surface area (Å²) in [6, 6.07) is 5.41. The van der Waals surface area contributed by atoms with Crippen molar-refractivity contribution in [3.8, 4) is 5.75 Å². The normalized spacial score (nSPS) is 15.1. The first-order chi connectivity index (χ1) is 9.20. The fourth-order valence-corrected chi connectivity index (χ4v) is 1.95. The molecule has 0 aliphatic carbocycles. The molecule has 2 rings (SSSR count). The van der Waals surface area contributed by atoms with Gasteiger partial charge in [0.1, 0.15) is 5.75 Å². The van der Waals surface area contributed by atoms with Crippen molar-refractivity contribution in [1.82, 2.24) is 10.2 Å². The summed E-state index contributed by atoms with van der Waals surface area (Å²) in [6.45, 7) is 2.92. The van der Waals surface area contributed by atoms with Crippen molar-refractivity contribution in [2.24, 2.45) is 0 Å². The lowest BCUT2D eigenvalue weighted by Crippen LogP contribution is -2.45. The molecule has 0 spiro atoms. The number of ether oxygens (including phenoxy) is 2. The Morgan fingerprint density at radius 2 is 2.21 bits per heavy atom. The summed E-state index contributed by atoms with van der Waals surface area (Å²) in [5, 5.41) is 2.87. The van der Waals surface area contributed by atoms with Gasteiger partial charge in [-0.3, -0.25) is 0 Å². The van der Waals surface area contributed by atoms with E-state index in [0.717, 1.165) is 5.56 Å². The minimum atomic E-state index is -0.0716. The van der Waals surface area contributed by atoms with Crippen LogP contribution in [0.1, 0.15) is 5.56 Å². The van der Waals surface area contributed by atoms with Crippen LogP contribution < -0.4 is 15.8 Å². The van der Waals surface area contributed by atoms with Gasteiger partial charge >= 0.3 is 6.03 Å². The molecule has 1 aliphatic rings. The Bertz CT molecular complexity index is 445. The van der Waals surface area contributed by atoms with Crippen molar-refractivity contribution in [3.05, 3.63) is 23.8 Å². The lowest BCUT2D eigenvalue weighted by molar-refractivity contribution is 0.0531. The molecule has 2 amide bonds. The number of urea groups is 1. The number of anilines is 1. The Balaban J connectivity index is 1.87. The molecule has 3 N–H and O–H groups in total. The minimum Gasteiger partial charge on any atom is -0.495 e. The van der Waals surface area contributed by atoms with Crippen molar-refractivity contribution < 1.29 is 14.3 Å². The molecule has 1 aliphatic heterocycles. The number of methoxy groups -OCH3 is 1. The number of morpholine rings is 1. The maximum Gasteiger partial charge on any atom is 0.317 e. The summed E-state index contributed by atoms with van der Waals surface area (Å²) in [4.78, 5) is 13.6. The van der Waals surface area contributed by atoms with Crippen molar-refractivity contribution in [3.63, 3.8) is 0 Å². The Hall–Kier alpha value is -1.95. The van der Waals surface area contributed by atoms with Crippen LogP contribution in [0, 0.1) is 0 Å². The van der Waals surface area contributed by atoms with E-state index in [1.54, 1.807) is 24.1 Å². The van der Waals surface area contributed by atoms with E-state index in [0.29, 0.717) is 44.3 Å². The van der Waals surface area contributed by atoms with Gasteiger partial charge in [0.05, 0.1) is 26.0 Å². The van der Waals surface area contributed by atoms with Crippen LogP contribution in [0.15, 0.2) is 18.2 Å². The standard InChI is InChI=1S/C13H19N3O3/c1-18-12-3-2-10(8-11(12)14)9-15-13(17)16-4-6-19-7-5-16/h2-3,8H,4-7,9,14H2,1H3,(H,15,17). The zero-order valence-corrected chi connectivity index (χ0v) is 11.0. The first-order valence-electron chi connectivity index (χ1n) is 6.23. The molecule has 104 valence electrons. The Kier molecular flexibility index (Phi) is 4.46. The van der Waals surface area contributed by atoms with Gasteiger partial charge in [-0.05, 0) is 17.7 Å². The third-order valence-corrected chi connectivity index (χ3v) is 3.04. The quantitative estimate of drug-likeness (QED) is 0.793. The molecule has 6 nitrogen and oxygen atoms in total. The molecule has 1 saturated heterocycles. The molecule has 0 aromatic heterocycles. The van der Waals surface area contributed by atoms with E-state index in [4.69, 9.17) is 15.2 Å². The predicted molar refractivity (Wildman–Crippen MR) is 72.0 cm³/mol. The van der Waals surface area contributed by atoms with Crippen LogP contribution in [0.2, 0.25) is 0 Å². The van der Waals surface area contributed by atoms with Crippen molar-refractivity contribution in [1.29, 1.82) is 0 Å². The first-order valence-corrected chi connectivity index (χ1v) is 6.23. The van der Waals surface area contributed by atoms with Gasteiger partial charge in [0, 0.05) is 19.6 Å². The van der Waals surface area contributed by atoms with E-state index in [1.165, 1.54) is 0 Å². The Morgan fingerprint density at radius 1 is 1.47 bits per heavy atom. The summed E-state index contributed by atoms with van der Waals surface area (Å²) in [5.41, 5.74) is 7.33. The number of nitrogens with one attached hydrogen (secondary N) is 1. The predicted octanol–water partition coefficient (Wildman–Crippen LogP) is 0.819. The SMILES string of the molecule is COc1ccc(CNC(=O)N2CCOCC2)cc1N. The molecule has 0 radical (unpaired) electrons. The van der Waals surface area contributed by atoms with Crippen molar-refractivity contribution in [2.75, 3.05) is 39.1 Å². The van der Waals surface area contributed by atoms with Crippen LogP contribution in [0.4, 0.5) is 10.5 Å². The number of hydrogen-bond acceptors (Lipinski definition) is 4. The third kappa shape index (κ3) is 3.51. The molecule has 1 aromatic rings. The van der Waals surface area contributed by atoms with E-state index < -0.39 is 0 Å². The molecule has 0 atom stereocenters. The highest BCUT2D eigenvalue weighted by Gasteiger charge is 2.16. The largest absolute Gasteiger partial charge is 0.495 e. The second-order valence-electron chi connectivity index (χ2n) is 4.33. The number of nitrogens with zero attached hydrogens (tertiary/aromatic N) is 1. The summed E-state index contributed by atoms with van der Waals surface area (Å²) < 4.78 is 10.3. The van der Waals surface area contributed by atoms with Crippen LogP contribution in [-0.4, -0.2) is 44.3 Å². The second-order valence-corrected chi connectivity index (χ2v) is 4.33. The van der Waals surface area contributed by atoms with E-state index >= 15 is 0 Å². The molecular formula is C13H19N3O3. The lowest BCUT2D eigenvalue weighted by atomic mass is 10.2. The fraction of sp³-hybridized carbons (Fsp3) is 0.462. The highest BCUT2D eigenvalue weighted by molar-refractivity contribution is 5.74. The van der Waals surface area contributed by atoms with Gasteiger partial charge in [0.25, 0.3) is 0 Å². The average molecular weight is 265 g/mol. The second kappa shape index (κ2) is 6.29. The number of rotatable bonds is 3. The van der Waals surface area contributed by atoms with Crippen molar-refractivity contribution in [2.45, 2.75) is 6.54 Å². The van der Waals surface area contributed by atoms with Crippen LogP contribution in [-0.2, 0) is 11.3 Å². The number of carbonyl (C=O) groups excluding carboxylic acids is 1. The molecule has 19 heavy (non-hydrogen) atoms. The van der Waals surface area contributed by atoms with Gasteiger partial charge in [-0.15, -0.1) is 0 Å². The minimum absolute atomic E-state index is 0.0716. The molecule has 6 heteroatoms. The van der Waals surface area contributed by atoms with Crippen LogP contribution in [0.25, 0.3) is 0 Å². The number of hydrogen-bond donors (Lipinski definition) is 2. The van der Waals surface area contributed by atoms with Gasteiger partial charge in [-0.25, -0.2) is 4.79 Å². The summed E-state index contributed by atoms with van der Waals surface area (Å²) in [6.07, 6.45) is 0. The molecular weight excluding hydrogens is 246 g/mol. The summed E-state index contributed by atoms with van der Waals surface area (Å²) >= 11 is 0. The van der Waals surface area contributed by atoms with Gasteiger partial charge in [0.2, 0.25) is 0 Å². The first kappa shape index (κ1) is 13.5. The molecule has 0 unspecified atom stereocenters. The fourth-order valence-electron chi connectivity index (χ4n) is 1.95. The third-order valence-electron chi connectivity index (χ3n) is 3.04. The van der Waals surface area contributed by atoms with Crippen molar-refractivity contribution >= 4 is 11.7 Å². The molecule has 0 bridgehead atoms. The number of nitrogens with two attached hydrogens (primary N) is 1. The Morgan fingerprint density at radius 3 is 2.84 bits per heavy atom. The topological polar surface area (TPSA) is 76.8 Å². The molecule has 1 heterocycles. The van der Waals surface area contributed by atoms with Gasteiger partial charge in [-0.2, -0.15) is 0 Å². The van der Waals surface area contributed by atoms with Gasteiger partial charge < -0.3 is 25.4 Å². The number of carbonyl (C=O) groups is 1. The monoisotopic (exact) mass is 265 g/mol. The lowest BCUT2D eigenvalue weighted by Gasteiger charge is -2.27. The Labute approximate surface area is 112 Å². The zero-order valence-electron chi connectivity index (χ0n) is 11.0. The summed E-state index contributed by atoms with van der Waals surface area (Å²) in [5.74, 6) is 0.642. The van der Waals surface area contributed by atoms with Crippen LogP contribution in [0.3, 0.4) is 0 Å². The molecule has 0 saturated carbocycles. The molecule has 1 fully saturated rings. The zero-order chi connectivity index (χ0) is 13.7. The van der Waals surface area contributed by atoms with E-state index in [9.17, 15) is 4.79 Å². The highest BCUT2D eigenvalue weighted by atomic mass is 16.5. The number of amides is 2. The van der Waals surface area contributed by atoms with Crippen LogP contribution in [0.5, 0.6) is 5.75 Å². The number of nitrogen functional groups attached to an aromatic ring is 1. The maximum absolute atomic E-state index is 11.9. The highest BCUT2D eigenvalue weighted by Crippen LogP contribution is 2.21. The average Bonchev–Trinajstić information content (AvgIpc) is 2.46. The molecule has 1 aromatic carbocycles. The summed E-state index contributed by atoms with van der Waals surface area (Å²) in [7, 11) is 1.57. The maximum atomic E-state index is 11.9. The smallest absolute Gasteiger partial charge is 0.317 e. The van der Waals surface area contributed by atoms with E-state index in [2.05, 4.69) is 5.32 Å². The van der Waals surface area contributed by atoms with Crippen LogP contribution >= 0.6 is 0 Å². The van der Waals surface area contributed by atoms with Gasteiger partial charge in [-0.1, -0.05) is 6.07 Å². The number of benzene rings is 1. The van der Waals surface area contributed by atoms with E-state index in [1.807, 2.05) is 6.07 Å².